The number of aromatic nitrogens is 3. The average Bonchev–Trinajstić information content (AvgIpc) is 3.24. The third-order valence-electron chi connectivity index (χ3n) is 4.51. The predicted octanol–water partition coefficient (Wildman–Crippen LogP) is 1.78. The molecule has 1 saturated heterocycles. The van der Waals surface area contributed by atoms with Crippen molar-refractivity contribution in [1.29, 1.82) is 0 Å². The number of likely N-dealkylation sites (tertiary alicyclic amines) is 1. The minimum absolute atomic E-state index is 0.114. The summed E-state index contributed by atoms with van der Waals surface area (Å²) < 4.78 is 1.97. The zero-order valence-corrected chi connectivity index (χ0v) is 15.2. The summed E-state index contributed by atoms with van der Waals surface area (Å²) in [5, 5.41) is 11.7. The van der Waals surface area contributed by atoms with Crippen molar-refractivity contribution in [2.24, 2.45) is 0 Å². The maximum absolute atomic E-state index is 12.2. The first-order valence-corrected chi connectivity index (χ1v) is 9.46. The molecule has 1 N–H and O–H groups in total. The van der Waals surface area contributed by atoms with Gasteiger partial charge >= 0.3 is 0 Å². The summed E-state index contributed by atoms with van der Waals surface area (Å²) in [5.74, 6) is 1.87. The number of rotatable bonds is 7. The van der Waals surface area contributed by atoms with Gasteiger partial charge in [-0.05, 0) is 62.0 Å². The van der Waals surface area contributed by atoms with Crippen LogP contribution >= 0.6 is 11.3 Å². The van der Waals surface area contributed by atoms with Crippen LogP contribution in [-0.4, -0.2) is 51.2 Å². The van der Waals surface area contributed by atoms with E-state index in [-0.39, 0.29) is 5.91 Å². The highest BCUT2D eigenvalue weighted by atomic mass is 32.1. The van der Waals surface area contributed by atoms with Gasteiger partial charge in [-0.2, -0.15) is 16.4 Å². The Morgan fingerprint density at radius 1 is 1.46 bits per heavy atom. The van der Waals surface area contributed by atoms with Crippen molar-refractivity contribution in [2.75, 3.05) is 19.6 Å². The highest BCUT2D eigenvalue weighted by Gasteiger charge is 2.27. The lowest BCUT2D eigenvalue weighted by atomic mass is 10.2. The van der Waals surface area contributed by atoms with E-state index in [0.29, 0.717) is 19.1 Å². The van der Waals surface area contributed by atoms with E-state index in [0.717, 1.165) is 44.0 Å². The zero-order valence-electron chi connectivity index (χ0n) is 14.4. The number of hydrogen-bond donors (Lipinski definition) is 1. The quantitative estimate of drug-likeness (QED) is 0.829. The minimum Gasteiger partial charge on any atom is -0.355 e. The van der Waals surface area contributed by atoms with Gasteiger partial charge in [-0.15, -0.1) is 0 Å². The Balaban J connectivity index is 1.46. The first-order chi connectivity index (χ1) is 11.6. The number of thiophene rings is 1. The Hall–Kier alpha value is -1.73. The van der Waals surface area contributed by atoms with E-state index >= 15 is 0 Å². The molecule has 6 nitrogen and oxygen atoms in total. The average molecular weight is 347 g/mol. The van der Waals surface area contributed by atoms with Gasteiger partial charge < -0.3 is 5.32 Å². The van der Waals surface area contributed by atoms with E-state index in [9.17, 15) is 4.79 Å². The van der Waals surface area contributed by atoms with Crippen LogP contribution in [0.5, 0.6) is 0 Å². The molecule has 1 unspecified atom stereocenters. The van der Waals surface area contributed by atoms with Crippen LogP contribution in [0.4, 0.5) is 0 Å². The van der Waals surface area contributed by atoms with Crippen LogP contribution in [0.2, 0.25) is 0 Å². The maximum atomic E-state index is 12.2. The molecular formula is C17H25N5OS. The molecule has 0 spiro atoms. The molecule has 7 heteroatoms. The normalized spacial score (nSPS) is 18.2. The summed E-state index contributed by atoms with van der Waals surface area (Å²) in [6.07, 6.45) is 3.15. The van der Waals surface area contributed by atoms with E-state index in [1.807, 2.05) is 18.5 Å². The van der Waals surface area contributed by atoms with Gasteiger partial charge in [0, 0.05) is 12.6 Å². The van der Waals surface area contributed by atoms with Gasteiger partial charge in [0.2, 0.25) is 5.91 Å². The van der Waals surface area contributed by atoms with E-state index in [1.165, 1.54) is 5.56 Å². The van der Waals surface area contributed by atoms with Crippen LogP contribution in [0, 0.1) is 13.8 Å². The summed E-state index contributed by atoms with van der Waals surface area (Å²) in [7, 11) is 0. The van der Waals surface area contributed by atoms with E-state index < -0.39 is 0 Å². The molecule has 0 aliphatic carbocycles. The van der Waals surface area contributed by atoms with Gasteiger partial charge in [0.15, 0.2) is 0 Å². The third-order valence-corrected chi connectivity index (χ3v) is 5.24. The molecule has 1 fully saturated rings. The Bertz CT molecular complexity index is 667. The number of nitrogens with one attached hydrogen (secondary N) is 1. The van der Waals surface area contributed by atoms with Gasteiger partial charge in [0.25, 0.3) is 0 Å². The molecule has 1 aliphatic heterocycles. The number of carbonyl (C=O) groups excluding carboxylic acids is 1. The molecule has 3 heterocycles. The van der Waals surface area contributed by atoms with Crippen LogP contribution < -0.4 is 5.32 Å². The number of aryl methyl sites for hydroxylation is 2. The first-order valence-electron chi connectivity index (χ1n) is 8.51. The summed E-state index contributed by atoms with van der Waals surface area (Å²) in [4.78, 5) is 18.8. The van der Waals surface area contributed by atoms with Gasteiger partial charge in [0.05, 0.1) is 13.1 Å². The maximum Gasteiger partial charge on any atom is 0.234 e. The van der Waals surface area contributed by atoms with Crippen LogP contribution in [0.1, 0.15) is 30.1 Å². The SMILES string of the molecule is Cc1nc(C)n(CC2CCCN2CC(=O)NCCc2ccsc2)n1. The first kappa shape index (κ1) is 17.1. The summed E-state index contributed by atoms with van der Waals surface area (Å²) in [6, 6.07) is 2.47. The summed E-state index contributed by atoms with van der Waals surface area (Å²) in [5.41, 5.74) is 1.29. The number of hydrogen-bond acceptors (Lipinski definition) is 5. The third kappa shape index (κ3) is 4.42. The lowest BCUT2D eigenvalue weighted by Crippen LogP contribution is -2.42. The van der Waals surface area contributed by atoms with Crippen LogP contribution in [0.3, 0.4) is 0 Å². The summed E-state index contributed by atoms with van der Waals surface area (Å²) in [6.45, 7) is 6.87. The topological polar surface area (TPSA) is 63.1 Å². The Morgan fingerprint density at radius 2 is 2.33 bits per heavy atom. The number of nitrogens with zero attached hydrogens (tertiary/aromatic N) is 4. The molecule has 0 bridgehead atoms. The van der Waals surface area contributed by atoms with Crippen LogP contribution in [0.15, 0.2) is 16.8 Å². The number of amides is 1. The molecule has 1 aliphatic rings. The van der Waals surface area contributed by atoms with Crippen molar-refractivity contribution in [2.45, 2.75) is 45.7 Å². The van der Waals surface area contributed by atoms with Gasteiger partial charge in [-0.3, -0.25) is 9.69 Å². The van der Waals surface area contributed by atoms with Crippen molar-refractivity contribution in [3.05, 3.63) is 34.0 Å². The minimum atomic E-state index is 0.114. The molecule has 0 saturated carbocycles. The molecule has 3 rings (SSSR count). The molecular weight excluding hydrogens is 322 g/mol. The lowest BCUT2D eigenvalue weighted by molar-refractivity contribution is -0.122. The van der Waals surface area contributed by atoms with Gasteiger partial charge in [-0.1, -0.05) is 0 Å². The van der Waals surface area contributed by atoms with Gasteiger partial charge in [-0.25, -0.2) is 9.67 Å². The highest BCUT2D eigenvalue weighted by molar-refractivity contribution is 7.07. The molecule has 0 aromatic carbocycles. The van der Waals surface area contributed by atoms with E-state index in [4.69, 9.17) is 0 Å². The van der Waals surface area contributed by atoms with Crippen LogP contribution in [-0.2, 0) is 17.8 Å². The highest BCUT2D eigenvalue weighted by Crippen LogP contribution is 2.18. The monoisotopic (exact) mass is 347 g/mol. The largest absolute Gasteiger partial charge is 0.355 e. The second-order valence-corrected chi connectivity index (χ2v) is 7.17. The Morgan fingerprint density at radius 3 is 3.04 bits per heavy atom. The predicted molar refractivity (Wildman–Crippen MR) is 95.1 cm³/mol. The van der Waals surface area contributed by atoms with Gasteiger partial charge in [0.1, 0.15) is 11.6 Å². The fourth-order valence-corrected chi connectivity index (χ4v) is 3.97. The Kier molecular flexibility index (Phi) is 5.63. The second-order valence-electron chi connectivity index (χ2n) is 6.39. The summed E-state index contributed by atoms with van der Waals surface area (Å²) >= 11 is 1.69. The van der Waals surface area contributed by atoms with Crippen molar-refractivity contribution in [3.63, 3.8) is 0 Å². The molecule has 0 radical (unpaired) electrons. The van der Waals surface area contributed by atoms with Crippen molar-refractivity contribution in [1.82, 2.24) is 25.0 Å². The van der Waals surface area contributed by atoms with E-state index in [1.54, 1.807) is 11.3 Å². The molecule has 2 aromatic heterocycles. The molecule has 130 valence electrons. The lowest BCUT2D eigenvalue weighted by Gasteiger charge is -2.24. The van der Waals surface area contributed by atoms with Crippen LogP contribution in [0.25, 0.3) is 0 Å². The second kappa shape index (κ2) is 7.90. The van der Waals surface area contributed by atoms with Crippen molar-refractivity contribution < 1.29 is 4.79 Å². The smallest absolute Gasteiger partial charge is 0.234 e. The molecule has 1 amide bonds. The fraction of sp³-hybridized carbons (Fsp3) is 0.588. The van der Waals surface area contributed by atoms with Crippen molar-refractivity contribution in [3.8, 4) is 0 Å². The molecule has 2 aromatic rings. The molecule has 1 atom stereocenters. The fourth-order valence-electron chi connectivity index (χ4n) is 3.27. The van der Waals surface area contributed by atoms with Crippen molar-refractivity contribution >= 4 is 17.2 Å². The van der Waals surface area contributed by atoms with E-state index in [2.05, 4.69) is 37.1 Å². The molecule has 24 heavy (non-hydrogen) atoms. The number of carbonyl (C=O) groups is 1. The zero-order chi connectivity index (χ0) is 16.9. The standard InChI is InChI=1S/C17H25N5OS/c1-13-19-14(2)22(20-13)10-16-4-3-8-21(16)11-17(23)18-7-5-15-6-9-24-12-15/h6,9,12,16H,3-5,7-8,10-11H2,1-2H3,(H,18,23). The Labute approximate surface area is 146 Å².